The summed E-state index contributed by atoms with van der Waals surface area (Å²) in [5, 5.41) is 9.29. The maximum absolute atomic E-state index is 13.5. The summed E-state index contributed by atoms with van der Waals surface area (Å²) in [5.74, 6) is 0.279. The summed E-state index contributed by atoms with van der Waals surface area (Å²) in [6, 6.07) is 17.2. The summed E-state index contributed by atoms with van der Waals surface area (Å²) in [4.78, 5) is 47.5. The van der Waals surface area contributed by atoms with Crippen LogP contribution >= 0.6 is 23.1 Å². The van der Waals surface area contributed by atoms with Crippen molar-refractivity contribution in [1.29, 1.82) is 0 Å². The summed E-state index contributed by atoms with van der Waals surface area (Å²) in [6.45, 7) is 1.06. The van der Waals surface area contributed by atoms with Crippen molar-refractivity contribution in [2.75, 3.05) is 11.1 Å². The average molecular weight is 548 g/mol. The highest BCUT2D eigenvalue weighted by atomic mass is 32.2. The van der Waals surface area contributed by atoms with Crippen LogP contribution in [0.3, 0.4) is 0 Å². The number of hydrogen-bond acceptors (Lipinski definition) is 7. The molecule has 1 aliphatic rings. The van der Waals surface area contributed by atoms with Gasteiger partial charge in [0.05, 0.1) is 16.7 Å². The predicted octanol–water partition coefficient (Wildman–Crippen LogP) is 4.71. The highest BCUT2D eigenvalue weighted by molar-refractivity contribution is 7.99. The molecule has 0 spiro atoms. The lowest BCUT2D eigenvalue weighted by Crippen LogP contribution is -2.34. The van der Waals surface area contributed by atoms with E-state index in [1.807, 2.05) is 48.5 Å². The van der Waals surface area contributed by atoms with Crippen LogP contribution in [0.4, 0.5) is 5.13 Å². The lowest BCUT2D eigenvalue weighted by atomic mass is 9.81. The third-order valence-corrected chi connectivity index (χ3v) is 8.47. The number of fused-ring (bicyclic) bond motifs is 1. The second kappa shape index (κ2) is 12.4. The lowest BCUT2D eigenvalue weighted by Gasteiger charge is -2.28. The van der Waals surface area contributed by atoms with Crippen LogP contribution in [0.2, 0.25) is 0 Å². The van der Waals surface area contributed by atoms with Gasteiger partial charge in [-0.15, -0.1) is 11.3 Å². The molecule has 1 fully saturated rings. The minimum atomic E-state index is -0.194. The number of carbonyl (C=O) groups is 2. The van der Waals surface area contributed by atoms with Gasteiger partial charge in [0.1, 0.15) is 0 Å². The van der Waals surface area contributed by atoms with Crippen LogP contribution in [0, 0.1) is 11.8 Å². The number of nitrogens with zero attached hydrogens (tertiary/aromatic N) is 3. The number of rotatable bonds is 9. The molecule has 0 radical (unpaired) electrons. The molecule has 8 nitrogen and oxygen atoms in total. The lowest BCUT2D eigenvalue weighted by molar-refractivity contribution is -0.126. The summed E-state index contributed by atoms with van der Waals surface area (Å²) in [7, 11) is 0. The van der Waals surface area contributed by atoms with Gasteiger partial charge in [0.2, 0.25) is 11.8 Å². The van der Waals surface area contributed by atoms with Crippen molar-refractivity contribution in [2.45, 2.75) is 43.9 Å². The summed E-state index contributed by atoms with van der Waals surface area (Å²) in [6.07, 6.45) is 4.94. The van der Waals surface area contributed by atoms with Crippen LogP contribution in [0.15, 0.2) is 76.1 Å². The fraction of sp³-hybridized carbons (Fsp3) is 0.321. The first-order valence-electron chi connectivity index (χ1n) is 12.7. The first kappa shape index (κ1) is 26.1. The summed E-state index contributed by atoms with van der Waals surface area (Å²) in [5.41, 5.74) is 1.61. The predicted molar refractivity (Wildman–Crippen MR) is 151 cm³/mol. The van der Waals surface area contributed by atoms with E-state index in [-0.39, 0.29) is 35.0 Å². The van der Waals surface area contributed by atoms with Gasteiger partial charge >= 0.3 is 0 Å². The van der Waals surface area contributed by atoms with E-state index in [0.29, 0.717) is 34.3 Å². The molecule has 4 aromatic rings. The molecule has 2 aromatic heterocycles. The Balaban J connectivity index is 1.23. The molecular weight excluding hydrogens is 518 g/mol. The maximum atomic E-state index is 13.5. The number of nitrogens with one attached hydrogen (secondary N) is 2. The van der Waals surface area contributed by atoms with Gasteiger partial charge in [0.25, 0.3) is 5.56 Å². The minimum absolute atomic E-state index is 0.00943. The molecule has 0 atom stereocenters. The molecule has 2 amide bonds. The Hall–Kier alpha value is -3.50. The number of amides is 2. The highest BCUT2D eigenvalue weighted by Crippen LogP contribution is 2.31. The molecule has 2 N–H and O–H groups in total. The molecule has 0 unspecified atom stereocenters. The largest absolute Gasteiger partial charge is 0.352 e. The average Bonchev–Trinajstić information content (AvgIpc) is 3.46. The van der Waals surface area contributed by atoms with Crippen LogP contribution in [0.1, 0.15) is 31.2 Å². The highest BCUT2D eigenvalue weighted by Gasteiger charge is 2.27. The van der Waals surface area contributed by atoms with E-state index in [1.54, 1.807) is 22.2 Å². The normalized spacial score (nSPS) is 17.3. The van der Waals surface area contributed by atoms with Crippen molar-refractivity contribution in [3.8, 4) is 0 Å². The summed E-state index contributed by atoms with van der Waals surface area (Å²) < 4.78 is 1.71. The Morgan fingerprint density at radius 3 is 2.55 bits per heavy atom. The standard InChI is InChI=1S/C28H29N5O3S2/c34-24(32-27-29-14-15-37-27)18-38-28-31-23-9-5-4-8-22(23)26(36)33(28)17-20-10-12-21(13-11-20)25(35)30-16-19-6-2-1-3-7-19/h1-9,14-15,20-21H,10-13,16-18H2,(H,30,35)(H,29,32,34). The molecule has 0 saturated heterocycles. The molecule has 0 aliphatic heterocycles. The van der Waals surface area contributed by atoms with Crippen LogP contribution in [0.25, 0.3) is 10.9 Å². The van der Waals surface area contributed by atoms with Crippen LogP contribution < -0.4 is 16.2 Å². The Morgan fingerprint density at radius 1 is 1.03 bits per heavy atom. The quantitative estimate of drug-likeness (QED) is 0.232. The molecular formula is C28H29N5O3S2. The van der Waals surface area contributed by atoms with E-state index in [1.165, 1.54) is 23.1 Å². The Morgan fingerprint density at radius 2 is 1.79 bits per heavy atom. The van der Waals surface area contributed by atoms with E-state index in [2.05, 4.69) is 15.6 Å². The van der Waals surface area contributed by atoms with E-state index in [9.17, 15) is 14.4 Å². The summed E-state index contributed by atoms with van der Waals surface area (Å²) >= 11 is 2.61. The topological polar surface area (TPSA) is 106 Å². The van der Waals surface area contributed by atoms with Crippen molar-refractivity contribution < 1.29 is 9.59 Å². The zero-order valence-electron chi connectivity index (χ0n) is 20.8. The van der Waals surface area contributed by atoms with Gasteiger partial charge in [-0.1, -0.05) is 54.2 Å². The molecule has 38 heavy (non-hydrogen) atoms. The SMILES string of the molecule is O=C(CSc1nc2ccccc2c(=O)n1CC1CCC(C(=O)NCc2ccccc2)CC1)Nc1nccs1. The maximum Gasteiger partial charge on any atom is 0.262 e. The number of hydrogen-bond donors (Lipinski definition) is 2. The van der Waals surface area contributed by atoms with Crippen molar-refractivity contribution >= 4 is 50.9 Å². The van der Waals surface area contributed by atoms with E-state index < -0.39 is 0 Å². The first-order valence-corrected chi connectivity index (χ1v) is 14.6. The molecule has 0 bridgehead atoms. The van der Waals surface area contributed by atoms with Gasteiger partial charge in [-0.3, -0.25) is 19.0 Å². The third kappa shape index (κ3) is 6.49. The molecule has 10 heteroatoms. The first-order chi connectivity index (χ1) is 18.6. The molecule has 1 aliphatic carbocycles. The number of carbonyl (C=O) groups excluding carboxylic acids is 2. The van der Waals surface area contributed by atoms with E-state index in [4.69, 9.17) is 4.98 Å². The van der Waals surface area contributed by atoms with Gasteiger partial charge in [-0.2, -0.15) is 0 Å². The van der Waals surface area contributed by atoms with E-state index in [0.717, 1.165) is 31.2 Å². The Bertz CT molecular complexity index is 1450. The monoisotopic (exact) mass is 547 g/mol. The fourth-order valence-corrected chi connectivity index (χ4v) is 6.14. The van der Waals surface area contributed by atoms with Crippen LogP contribution in [-0.2, 0) is 22.7 Å². The molecule has 2 aromatic carbocycles. The van der Waals surface area contributed by atoms with Gasteiger partial charge in [0.15, 0.2) is 10.3 Å². The smallest absolute Gasteiger partial charge is 0.262 e. The van der Waals surface area contributed by atoms with E-state index >= 15 is 0 Å². The number of thioether (sulfide) groups is 1. The zero-order valence-corrected chi connectivity index (χ0v) is 22.5. The fourth-order valence-electron chi connectivity index (χ4n) is 4.78. The molecule has 1 saturated carbocycles. The van der Waals surface area contributed by atoms with Crippen LogP contribution in [0.5, 0.6) is 0 Å². The molecule has 196 valence electrons. The molecule has 5 rings (SSSR count). The van der Waals surface area contributed by atoms with Gasteiger partial charge in [-0.25, -0.2) is 9.97 Å². The van der Waals surface area contributed by atoms with Crippen molar-refractivity contribution in [3.63, 3.8) is 0 Å². The van der Waals surface area contributed by atoms with Crippen LogP contribution in [-0.4, -0.2) is 32.1 Å². The number of thiazole rings is 1. The second-order valence-electron chi connectivity index (χ2n) is 9.42. The van der Waals surface area contributed by atoms with Crippen molar-refractivity contribution in [1.82, 2.24) is 19.9 Å². The number of para-hydroxylation sites is 1. The van der Waals surface area contributed by atoms with Gasteiger partial charge < -0.3 is 10.6 Å². The minimum Gasteiger partial charge on any atom is -0.352 e. The zero-order chi connectivity index (χ0) is 26.3. The van der Waals surface area contributed by atoms with Gasteiger partial charge in [-0.05, 0) is 49.3 Å². The number of aromatic nitrogens is 3. The number of benzene rings is 2. The second-order valence-corrected chi connectivity index (χ2v) is 11.3. The Labute approximate surface area is 228 Å². The van der Waals surface area contributed by atoms with Crippen molar-refractivity contribution in [2.24, 2.45) is 11.8 Å². The Kier molecular flexibility index (Phi) is 8.50. The number of anilines is 1. The molecule has 2 heterocycles. The van der Waals surface area contributed by atoms with Gasteiger partial charge in [0, 0.05) is 30.6 Å². The third-order valence-electron chi connectivity index (χ3n) is 6.81. The van der Waals surface area contributed by atoms with Crippen molar-refractivity contribution in [3.05, 3.63) is 82.1 Å².